The Morgan fingerprint density at radius 1 is 1.14 bits per heavy atom. The quantitative estimate of drug-likeness (QED) is 0.540. The summed E-state index contributed by atoms with van der Waals surface area (Å²) >= 11 is 0. The first-order chi connectivity index (χ1) is 17.2. The number of carbonyl (C=O) groups is 3. The van der Waals surface area contributed by atoms with E-state index in [2.05, 4.69) is 10.6 Å². The van der Waals surface area contributed by atoms with E-state index in [1.54, 1.807) is 22.5 Å². The largest absolute Gasteiger partial charge is 0.351 e. The summed E-state index contributed by atoms with van der Waals surface area (Å²) in [7, 11) is 0. The molecule has 2 aliphatic rings. The van der Waals surface area contributed by atoms with E-state index in [-0.39, 0.29) is 35.8 Å². The van der Waals surface area contributed by atoms with Crippen LogP contribution in [0.15, 0.2) is 42.5 Å². The van der Waals surface area contributed by atoms with Gasteiger partial charge in [0.1, 0.15) is 17.1 Å². The number of halogens is 1. The Labute approximate surface area is 209 Å². The van der Waals surface area contributed by atoms with Crippen LogP contribution in [0.25, 0.3) is 10.9 Å². The Morgan fingerprint density at radius 2 is 1.89 bits per heavy atom. The molecule has 1 fully saturated rings. The van der Waals surface area contributed by atoms with Crippen molar-refractivity contribution in [2.75, 3.05) is 10.2 Å². The molecule has 188 valence electrons. The highest BCUT2D eigenvalue weighted by Gasteiger charge is 2.50. The van der Waals surface area contributed by atoms with E-state index in [9.17, 15) is 18.8 Å². The summed E-state index contributed by atoms with van der Waals surface area (Å²) in [5.41, 5.74) is 1.49. The van der Waals surface area contributed by atoms with Gasteiger partial charge < -0.3 is 15.2 Å². The van der Waals surface area contributed by atoms with E-state index in [1.807, 2.05) is 31.2 Å². The fraction of sp³-hybridized carbons (Fsp3) is 0.393. The van der Waals surface area contributed by atoms with Crippen LogP contribution < -0.4 is 15.5 Å². The van der Waals surface area contributed by atoms with Crippen LogP contribution in [-0.2, 0) is 22.6 Å². The van der Waals surface area contributed by atoms with E-state index in [0.717, 1.165) is 37.7 Å². The molecule has 0 bridgehead atoms. The van der Waals surface area contributed by atoms with Gasteiger partial charge in [-0.3, -0.25) is 19.3 Å². The zero-order valence-corrected chi connectivity index (χ0v) is 20.9. The van der Waals surface area contributed by atoms with Crippen LogP contribution in [0.2, 0.25) is 0 Å². The highest BCUT2D eigenvalue weighted by molar-refractivity contribution is 6.20. The van der Waals surface area contributed by atoms with Crippen molar-refractivity contribution in [3.8, 4) is 0 Å². The summed E-state index contributed by atoms with van der Waals surface area (Å²) in [5.74, 6) is -1.48. The number of fused-ring (bicyclic) bond motifs is 3. The molecule has 2 N–H and O–H groups in total. The van der Waals surface area contributed by atoms with Crippen molar-refractivity contribution in [1.82, 2.24) is 9.88 Å². The number of nitrogens with one attached hydrogen (secondary N) is 2. The second-order valence-electron chi connectivity index (χ2n) is 10.0. The van der Waals surface area contributed by atoms with E-state index in [4.69, 9.17) is 0 Å². The molecule has 3 aromatic rings. The Balaban J connectivity index is 1.72. The van der Waals surface area contributed by atoms with Gasteiger partial charge in [-0.05, 0) is 62.1 Å². The van der Waals surface area contributed by atoms with Gasteiger partial charge in [-0.15, -0.1) is 0 Å². The third kappa shape index (κ3) is 3.94. The first kappa shape index (κ1) is 24.0. The van der Waals surface area contributed by atoms with Crippen molar-refractivity contribution in [1.29, 1.82) is 0 Å². The second-order valence-corrected chi connectivity index (χ2v) is 10.0. The van der Waals surface area contributed by atoms with Crippen molar-refractivity contribution in [3.05, 3.63) is 59.5 Å². The van der Waals surface area contributed by atoms with E-state index >= 15 is 0 Å². The molecular formula is C28H31FN4O3. The van der Waals surface area contributed by atoms with Gasteiger partial charge in [0.15, 0.2) is 0 Å². The van der Waals surface area contributed by atoms with Crippen LogP contribution in [0.1, 0.15) is 62.5 Å². The lowest BCUT2D eigenvalue weighted by molar-refractivity contribution is -0.127. The number of aryl methyl sites for hydroxylation is 1. The minimum atomic E-state index is -1.24. The SMILES string of the molecule is CCc1cccc(N2C(=O)c3c(NC(C)=O)c4cc(F)ccc4n3C[C@@]2(C)C(=O)NC2CCCC2)c1. The van der Waals surface area contributed by atoms with Crippen molar-refractivity contribution < 1.29 is 18.8 Å². The normalized spacial score (nSPS) is 20.0. The predicted octanol–water partition coefficient (Wildman–Crippen LogP) is 4.78. The lowest BCUT2D eigenvalue weighted by atomic mass is 9.92. The van der Waals surface area contributed by atoms with Crippen molar-refractivity contribution in [2.45, 2.75) is 71.0 Å². The molecule has 3 amide bonds. The molecule has 2 heterocycles. The molecule has 0 spiro atoms. The minimum Gasteiger partial charge on any atom is -0.351 e. The van der Waals surface area contributed by atoms with Crippen LogP contribution in [0.5, 0.6) is 0 Å². The summed E-state index contributed by atoms with van der Waals surface area (Å²) in [6.45, 7) is 5.32. The summed E-state index contributed by atoms with van der Waals surface area (Å²) in [6, 6.07) is 11.9. The number of hydrogen-bond donors (Lipinski definition) is 2. The monoisotopic (exact) mass is 490 g/mol. The minimum absolute atomic E-state index is 0.0834. The summed E-state index contributed by atoms with van der Waals surface area (Å²) in [6.07, 6.45) is 4.76. The van der Waals surface area contributed by atoms with E-state index in [0.29, 0.717) is 16.6 Å². The lowest BCUT2D eigenvalue weighted by Gasteiger charge is -2.44. The van der Waals surface area contributed by atoms with Crippen LogP contribution in [-0.4, -0.2) is 33.9 Å². The van der Waals surface area contributed by atoms with Gasteiger partial charge in [0.25, 0.3) is 5.91 Å². The molecule has 1 aliphatic heterocycles. The van der Waals surface area contributed by atoms with Gasteiger partial charge in [0.2, 0.25) is 11.8 Å². The number of aromatic nitrogens is 1. The molecule has 0 saturated heterocycles. The Kier molecular flexibility index (Phi) is 6.06. The zero-order valence-electron chi connectivity index (χ0n) is 20.9. The number of hydrogen-bond acceptors (Lipinski definition) is 3. The third-order valence-electron chi connectivity index (χ3n) is 7.45. The van der Waals surface area contributed by atoms with Crippen LogP contribution in [0.3, 0.4) is 0 Å². The van der Waals surface area contributed by atoms with Crippen molar-refractivity contribution >= 4 is 40.0 Å². The molecule has 0 unspecified atom stereocenters. The average Bonchev–Trinajstić information content (AvgIpc) is 3.45. The number of rotatable bonds is 5. The van der Waals surface area contributed by atoms with Gasteiger partial charge >= 0.3 is 0 Å². The molecule has 36 heavy (non-hydrogen) atoms. The second kappa shape index (κ2) is 9.08. The molecular weight excluding hydrogens is 459 g/mol. The number of anilines is 2. The predicted molar refractivity (Wildman–Crippen MR) is 138 cm³/mol. The van der Waals surface area contributed by atoms with Gasteiger partial charge in [-0.1, -0.05) is 31.9 Å². The van der Waals surface area contributed by atoms with Gasteiger partial charge in [0, 0.05) is 24.0 Å². The van der Waals surface area contributed by atoms with Crippen molar-refractivity contribution in [2.24, 2.45) is 0 Å². The fourth-order valence-corrected chi connectivity index (χ4v) is 5.63. The molecule has 1 saturated carbocycles. The first-order valence-electron chi connectivity index (χ1n) is 12.6. The maximum absolute atomic E-state index is 14.3. The molecule has 5 rings (SSSR count). The standard InChI is InChI=1S/C28H31FN4O3/c1-4-18-8-7-11-21(14-18)33-26(35)25-24(30-17(2)34)22-15-19(29)12-13-23(22)32(25)16-28(33,3)27(36)31-20-9-5-6-10-20/h7-8,11-15,20H,4-6,9-10,16H2,1-3H3,(H,30,34)(H,31,36)/t28-/m0/s1. The maximum atomic E-state index is 14.3. The molecule has 1 aliphatic carbocycles. The Bertz CT molecular complexity index is 1370. The first-order valence-corrected chi connectivity index (χ1v) is 12.6. The van der Waals surface area contributed by atoms with Crippen LogP contribution >= 0.6 is 0 Å². The highest BCUT2D eigenvalue weighted by Crippen LogP contribution is 2.41. The number of amides is 3. The fourth-order valence-electron chi connectivity index (χ4n) is 5.63. The Morgan fingerprint density at radius 3 is 2.58 bits per heavy atom. The lowest BCUT2D eigenvalue weighted by Crippen LogP contribution is -2.65. The Hall–Kier alpha value is -3.68. The summed E-state index contributed by atoms with van der Waals surface area (Å²) < 4.78 is 16.0. The maximum Gasteiger partial charge on any atom is 0.278 e. The molecule has 1 aromatic heterocycles. The average molecular weight is 491 g/mol. The molecule has 1 atom stereocenters. The molecule has 0 radical (unpaired) electrons. The zero-order chi connectivity index (χ0) is 25.6. The summed E-state index contributed by atoms with van der Waals surface area (Å²) in [5, 5.41) is 6.37. The highest BCUT2D eigenvalue weighted by atomic mass is 19.1. The number of nitrogens with zero attached hydrogens (tertiary/aromatic N) is 2. The molecule has 7 nitrogen and oxygen atoms in total. The smallest absolute Gasteiger partial charge is 0.278 e. The van der Waals surface area contributed by atoms with Crippen LogP contribution in [0, 0.1) is 5.82 Å². The van der Waals surface area contributed by atoms with Gasteiger partial charge in [-0.25, -0.2) is 4.39 Å². The third-order valence-corrected chi connectivity index (χ3v) is 7.45. The van der Waals surface area contributed by atoms with Crippen LogP contribution in [0.4, 0.5) is 15.8 Å². The topological polar surface area (TPSA) is 83.4 Å². The molecule has 8 heteroatoms. The molecule has 2 aromatic carbocycles. The number of benzene rings is 2. The summed E-state index contributed by atoms with van der Waals surface area (Å²) in [4.78, 5) is 41.8. The van der Waals surface area contributed by atoms with E-state index < -0.39 is 17.3 Å². The van der Waals surface area contributed by atoms with Gasteiger partial charge in [-0.2, -0.15) is 0 Å². The number of carbonyl (C=O) groups excluding carboxylic acids is 3. The van der Waals surface area contributed by atoms with Gasteiger partial charge in [0.05, 0.1) is 17.7 Å². The van der Waals surface area contributed by atoms with E-state index in [1.165, 1.54) is 19.1 Å². The van der Waals surface area contributed by atoms with Crippen molar-refractivity contribution in [3.63, 3.8) is 0 Å².